The molecule has 0 amide bonds. The molecule has 2 fully saturated rings. The number of piperidine rings is 1. The molecule has 3 heteroatoms. The number of fused-ring (bicyclic) bond motifs is 3. The van der Waals surface area contributed by atoms with Crippen molar-refractivity contribution in [1.82, 2.24) is 4.90 Å². The lowest BCUT2D eigenvalue weighted by atomic mass is 9.93. The third kappa shape index (κ3) is 1.93. The van der Waals surface area contributed by atoms with Crippen LogP contribution in [0.15, 0.2) is 36.4 Å². The molecule has 2 aromatic rings. The minimum Gasteiger partial charge on any atom is -0.507 e. The van der Waals surface area contributed by atoms with E-state index in [9.17, 15) is 5.11 Å². The quantitative estimate of drug-likeness (QED) is 0.878. The van der Waals surface area contributed by atoms with Gasteiger partial charge in [-0.25, -0.2) is 0 Å². The predicted molar refractivity (Wildman–Crippen MR) is 82.2 cm³/mol. The predicted octanol–water partition coefficient (Wildman–Crippen LogP) is 3.05. The highest BCUT2D eigenvalue weighted by Crippen LogP contribution is 2.34. The molecule has 4 rings (SSSR count). The van der Waals surface area contributed by atoms with Gasteiger partial charge in [-0.1, -0.05) is 24.3 Å². The first-order valence-electron chi connectivity index (χ1n) is 7.51. The molecule has 104 valence electrons. The summed E-state index contributed by atoms with van der Waals surface area (Å²) in [4.78, 5) is 2.57. The SMILES string of the molecule is Oc1cccc2c(NC3CCN4CCC3C4)cccc12. The van der Waals surface area contributed by atoms with E-state index in [-0.39, 0.29) is 0 Å². The Labute approximate surface area is 119 Å². The first kappa shape index (κ1) is 12.0. The molecule has 3 unspecified atom stereocenters. The molecule has 0 aromatic heterocycles. The van der Waals surface area contributed by atoms with E-state index >= 15 is 0 Å². The highest BCUT2D eigenvalue weighted by atomic mass is 16.3. The summed E-state index contributed by atoms with van der Waals surface area (Å²) >= 11 is 0. The molecule has 2 N–H and O–H groups in total. The number of rotatable bonds is 2. The monoisotopic (exact) mass is 268 g/mol. The second kappa shape index (κ2) is 4.67. The Bertz CT molecular complexity index is 640. The zero-order valence-corrected chi connectivity index (χ0v) is 11.5. The van der Waals surface area contributed by atoms with Crippen molar-refractivity contribution in [2.24, 2.45) is 5.92 Å². The normalized spacial score (nSPS) is 28.7. The van der Waals surface area contributed by atoms with E-state index in [0.717, 1.165) is 22.4 Å². The van der Waals surface area contributed by atoms with Gasteiger partial charge in [-0.2, -0.15) is 0 Å². The number of phenolic OH excluding ortho intramolecular Hbond substituents is 1. The van der Waals surface area contributed by atoms with Crippen molar-refractivity contribution in [1.29, 1.82) is 0 Å². The van der Waals surface area contributed by atoms with Gasteiger partial charge in [-0.05, 0) is 37.4 Å². The zero-order chi connectivity index (χ0) is 13.5. The molecular weight excluding hydrogens is 248 g/mol. The number of hydrogen-bond acceptors (Lipinski definition) is 3. The number of anilines is 1. The fourth-order valence-corrected chi connectivity index (χ4v) is 3.76. The van der Waals surface area contributed by atoms with Gasteiger partial charge in [0.15, 0.2) is 0 Å². The van der Waals surface area contributed by atoms with Crippen LogP contribution in [0.1, 0.15) is 12.8 Å². The molecule has 0 radical (unpaired) electrons. The molecule has 0 saturated carbocycles. The van der Waals surface area contributed by atoms with Crippen LogP contribution in [0.3, 0.4) is 0 Å². The number of nitrogens with zero attached hydrogens (tertiary/aromatic N) is 1. The Morgan fingerprint density at radius 3 is 2.75 bits per heavy atom. The van der Waals surface area contributed by atoms with Crippen molar-refractivity contribution < 1.29 is 5.11 Å². The highest BCUT2D eigenvalue weighted by molar-refractivity contribution is 5.97. The second-order valence-electron chi connectivity index (χ2n) is 6.07. The van der Waals surface area contributed by atoms with E-state index in [1.165, 1.54) is 32.5 Å². The van der Waals surface area contributed by atoms with Gasteiger partial charge in [0, 0.05) is 35.6 Å². The summed E-state index contributed by atoms with van der Waals surface area (Å²) in [6, 6.07) is 12.5. The third-order valence-electron chi connectivity index (χ3n) is 4.87. The second-order valence-corrected chi connectivity index (χ2v) is 6.07. The van der Waals surface area contributed by atoms with Crippen molar-refractivity contribution in [3.63, 3.8) is 0 Å². The molecule has 3 nitrogen and oxygen atoms in total. The summed E-state index contributed by atoms with van der Waals surface area (Å²) in [5.41, 5.74) is 1.16. The van der Waals surface area contributed by atoms with Crippen molar-refractivity contribution in [3.8, 4) is 5.75 Å². The molecule has 3 atom stereocenters. The number of nitrogens with one attached hydrogen (secondary N) is 1. The Balaban J connectivity index is 1.67. The fourth-order valence-electron chi connectivity index (χ4n) is 3.76. The average molecular weight is 268 g/mol. The van der Waals surface area contributed by atoms with Gasteiger partial charge in [-0.3, -0.25) is 0 Å². The highest BCUT2D eigenvalue weighted by Gasteiger charge is 2.34. The molecular formula is C17H20N2O. The molecule has 2 aromatic carbocycles. The van der Waals surface area contributed by atoms with Crippen LogP contribution >= 0.6 is 0 Å². The minimum atomic E-state index is 0.363. The zero-order valence-electron chi connectivity index (χ0n) is 11.5. The lowest BCUT2D eigenvalue weighted by molar-refractivity contribution is 0.255. The topological polar surface area (TPSA) is 35.5 Å². The van der Waals surface area contributed by atoms with Crippen molar-refractivity contribution in [2.75, 3.05) is 25.0 Å². The largest absolute Gasteiger partial charge is 0.507 e. The van der Waals surface area contributed by atoms with Gasteiger partial charge in [0.1, 0.15) is 5.75 Å². The molecule has 2 heterocycles. The Kier molecular flexibility index (Phi) is 2.81. The van der Waals surface area contributed by atoms with Crippen molar-refractivity contribution >= 4 is 16.5 Å². The molecule has 2 aliphatic heterocycles. The van der Waals surface area contributed by atoms with Crippen LogP contribution in [0.4, 0.5) is 5.69 Å². The molecule has 2 saturated heterocycles. The van der Waals surface area contributed by atoms with Crippen LogP contribution in [-0.2, 0) is 0 Å². The van der Waals surface area contributed by atoms with Gasteiger partial charge < -0.3 is 15.3 Å². The van der Waals surface area contributed by atoms with Gasteiger partial charge in [0.2, 0.25) is 0 Å². The lowest BCUT2D eigenvalue weighted by Crippen LogP contribution is -2.39. The molecule has 2 bridgehead atoms. The number of aromatic hydroxyl groups is 1. The van der Waals surface area contributed by atoms with Gasteiger partial charge >= 0.3 is 0 Å². The van der Waals surface area contributed by atoms with Gasteiger partial charge in [0.25, 0.3) is 0 Å². The van der Waals surface area contributed by atoms with Crippen LogP contribution in [0, 0.1) is 5.92 Å². The van der Waals surface area contributed by atoms with E-state index < -0.39 is 0 Å². The lowest BCUT2D eigenvalue weighted by Gasteiger charge is -2.32. The Morgan fingerprint density at radius 1 is 1.00 bits per heavy atom. The minimum absolute atomic E-state index is 0.363. The van der Waals surface area contributed by atoms with Crippen molar-refractivity contribution in [2.45, 2.75) is 18.9 Å². The molecule has 0 spiro atoms. The van der Waals surface area contributed by atoms with E-state index in [4.69, 9.17) is 0 Å². The Morgan fingerprint density at radius 2 is 1.80 bits per heavy atom. The average Bonchev–Trinajstić information content (AvgIpc) is 2.86. The van der Waals surface area contributed by atoms with Crippen LogP contribution in [0.2, 0.25) is 0 Å². The van der Waals surface area contributed by atoms with E-state index in [1.807, 2.05) is 18.2 Å². The number of phenols is 1. The number of benzene rings is 2. The summed E-state index contributed by atoms with van der Waals surface area (Å²) in [6.45, 7) is 3.72. The van der Waals surface area contributed by atoms with Crippen LogP contribution < -0.4 is 5.32 Å². The van der Waals surface area contributed by atoms with E-state index in [1.54, 1.807) is 6.07 Å². The molecule has 20 heavy (non-hydrogen) atoms. The van der Waals surface area contributed by atoms with Gasteiger partial charge in [0.05, 0.1) is 0 Å². The maximum absolute atomic E-state index is 9.97. The van der Waals surface area contributed by atoms with Crippen molar-refractivity contribution in [3.05, 3.63) is 36.4 Å². The standard InChI is InChI=1S/C17H20N2O/c20-17-6-2-3-13-14(17)4-1-5-16(13)18-15-8-10-19-9-7-12(15)11-19/h1-6,12,15,18,20H,7-11H2. The Hall–Kier alpha value is -1.74. The fraction of sp³-hybridized carbons (Fsp3) is 0.412. The van der Waals surface area contributed by atoms with Crippen LogP contribution in [0.5, 0.6) is 5.75 Å². The summed E-state index contributed by atoms with van der Waals surface area (Å²) in [5, 5.41) is 15.8. The first-order chi connectivity index (χ1) is 9.81. The maximum atomic E-state index is 9.97. The van der Waals surface area contributed by atoms with Crippen LogP contribution in [-0.4, -0.2) is 35.7 Å². The summed E-state index contributed by atoms with van der Waals surface area (Å²) < 4.78 is 0. The third-order valence-corrected chi connectivity index (χ3v) is 4.87. The van der Waals surface area contributed by atoms with E-state index in [2.05, 4.69) is 22.3 Å². The molecule has 2 aliphatic rings. The maximum Gasteiger partial charge on any atom is 0.123 e. The smallest absolute Gasteiger partial charge is 0.123 e. The summed E-state index contributed by atoms with van der Waals surface area (Å²) in [6.07, 6.45) is 2.54. The molecule has 0 aliphatic carbocycles. The summed E-state index contributed by atoms with van der Waals surface area (Å²) in [7, 11) is 0. The van der Waals surface area contributed by atoms with Gasteiger partial charge in [-0.15, -0.1) is 0 Å². The number of hydrogen-bond donors (Lipinski definition) is 2. The summed E-state index contributed by atoms with van der Waals surface area (Å²) in [5.74, 6) is 1.14. The first-order valence-corrected chi connectivity index (χ1v) is 7.51. The van der Waals surface area contributed by atoms with E-state index in [0.29, 0.717) is 11.8 Å². The van der Waals surface area contributed by atoms with Crippen LogP contribution in [0.25, 0.3) is 10.8 Å².